The van der Waals surface area contributed by atoms with Gasteiger partial charge in [-0.2, -0.15) is 0 Å². The summed E-state index contributed by atoms with van der Waals surface area (Å²) in [5, 5.41) is 0. The van der Waals surface area contributed by atoms with Crippen LogP contribution in [0.1, 0.15) is 27.2 Å². The van der Waals surface area contributed by atoms with Crippen molar-refractivity contribution in [2.24, 2.45) is 5.73 Å². The lowest BCUT2D eigenvalue weighted by molar-refractivity contribution is -0.150. The minimum Gasteiger partial charge on any atom is -0.465 e. The molecule has 0 aliphatic rings. The standard InChI is InChI=1S/C11H23NO4/c1-5-15-10(13)11(3,12)8-9(2)16-7-6-14-4/h9H,5-8,12H2,1-4H3. The van der Waals surface area contributed by atoms with Gasteiger partial charge in [0, 0.05) is 13.5 Å². The molecular formula is C11H23NO4. The van der Waals surface area contributed by atoms with Crippen LogP contribution in [0.5, 0.6) is 0 Å². The van der Waals surface area contributed by atoms with Gasteiger partial charge in [-0.05, 0) is 20.8 Å². The first kappa shape index (κ1) is 15.3. The van der Waals surface area contributed by atoms with Crippen molar-refractivity contribution in [3.8, 4) is 0 Å². The van der Waals surface area contributed by atoms with E-state index in [2.05, 4.69) is 0 Å². The Hall–Kier alpha value is -0.650. The predicted octanol–water partition coefficient (Wildman–Crippen LogP) is 0.709. The van der Waals surface area contributed by atoms with Gasteiger partial charge in [0.1, 0.15) is 5.54 Å². The van der Waals surface area contributed by atoms with E-state index in [9.17, 15) is 4.79 Å². The predicted molar refractivity (Wildman–Crippen MR) is 61.1 cm³/mol. The first-order chi connectivity index (χ1) is 7.44. The molecular weight excluding hydrogens is 210 g/mol. The summed E-state index contributed by atoms with van der Waals surface area (Å²) in [6, 6.07) is 0. The monoisotopic (exact) mass is 233 g/mol. The van der Waals surface area contributed by atoms with Gasteiger partial charge in [0.2, 0.25) is 0 Å². The van der Waals surface area contributed by atoms with Crippen molar-refractivity contribution in [1.82, 2.24) is 0 Å². The quantitative estimate of drug-likeness (QED) is 0.494. The fourth-order valence-corrected chi connectivity index (χ4v) is 1.37. The zero-order valence-electron chi connectivity index (χ0n) is 10.6. The summed E-state index contributed by atoms with van der Waals surface area (Å²) in [6.45, 7) is 6.65. The largest absolute Gasteiger partial charge is 0.465 e. The van der Waals surface area contributed by atoms with Crippen LogP contribution in [0.25, 0.3) is 0 Å². The molecule has 5 heteroatoms. The molecule has 0 radical (unpaired) electrons. The lowest BCUT2D eigenvalue weighted by atomic mass is 9.96. The van der Waals surface area contributed by atoms with Gasteiger partial charge in [-0.1, -0.05) is 0 Å². The van der Waals surface area contributed by atoms with E-state index in [1.165, 1.54) is 0 Å². The van der Waals surface area contributed by atoms with E-state index >= 15 is 0 Å². The summed E-state index contributed by atoms with van der Waals surface area (Å²) in [6.07, 6.45) is 0.324. The van der Waals surface area contributed by atoms with E-state index in [1.54, 1.807) is 21.0 Å². The van der Waals surface area contributed by atoms with Crippen molar-refractivity contribution >= 4 is 5.97 Å². The zero-order valence-corrected chi connectivity index (χ0v) is 10.6. The summed E-state index contributed by atoms with van der Waals surface area (Å²) in [4.78, 5) is 11.5. The highest BCUT2D eigenvalue weighted by molar-refractivity contribution is 5.80. The fourth-order valence-electron chi connectivity index (χ4n) is 1.37. The normalized spacial score (nSPS) is 16.6. The van der Waals surface area contributed by atoms with Gasteiger partial charge >= 0.3 is 5.97 Å². The highest BCUT2D eigenvalue weighted by atomic mass is 16.5. The number of ether oxygens (including phenoxy) is 3. The second kappa shape index (κ2) is 7.60. The van der Waals surface area contributed by atoms with Crippen LogP contribution in [-0.2, 0) is 19.0 Å². The Kier molecular flexibility index (Phi) is 7.29. The topological polar surface area (TPSA) is 70.8 Å². The molecule has 0 aromatic heterocycles. The summed E-state index contributed by atoms with van der Waals surface area (Å²) >= 11 is 0. The molecule has 2 unspecified atom stereocenters. The molecule has 0 aliphatic carbocycles. The van der Waals surface area contributed by atoms with Gasteiger partial charge in [-0.25, -0.2) is 0 Å². The molecule has 0 aromatic rings. The van der Waals surface area contributed by atoms with Crippen molar-refractivity contribution < 1.29 is 19.0 Å². The summed E-state index contributed by atoms with van der Waals surface area (Å²) in [5.41, 5.74) is 4.87. The Balaban J connectivity index is 3.98. The Morgan fingerprint density at radius 3 is 2.56 bits per heavy atom. The minimum atomic E-state index is -0.998. The van der Waals surface area contributed by atoms with Crippen molar-refractivity contribution in [3.05, 3.63) is 0 Å². The van der Waals surface area contributed by atoms with Crippen molar-refractivity contribution in [3.63, 3.8) is 0 Å². The maximum atomic E-state index is 11.5. The van der Waals surface area contributed by atoms with Gasteiger partial charge in [0.05, 0.1) is 25.9 Å². The Morgan fingerprint density at radius 2 is 2.06 bits per heavy atom. The first-order valence-electron chi connectivity index (χ1n) is 5.50. The number of hydrogen-bond acceptors (Lipinski definition) is 5. The lowest BCUT2D eigenvalue weighted by Crippen LogP contribution is -2.48. The van der Waals surface area contributed by atoms with Gasteiger partial charge in [-0.15, -0.1) is 0 Å². The van der Waals surface area contributed by atoms with Crippen LogP contribution in [0.2, 0.25) is 0 Å². The summed E-state index contributed by atoms with van der Waals surface area (Å²) in [7, 11) is 1.61. The third-order valence-electron chi connectivity index (χ3n) is 2.14. The van der Waals surface area contributed by atoms with E-state index in [4.69, 9.17) is 19.9 Å². The van der Waals surface area contributed by atoms with Gasteiger partial charge in [-0.3, -0.25) is 4.79 Å². The highest BCUT2D eigenvalue weighted by Gasteiger charge is 2.31. The smallest absolute Gasteiger partial charge is 0.325 e. The van der Waals surface area contributed by atoms with E-state index < -0.39 is 11.5 Å². The summed E-state index contributed by atoms with van der Waals surface area (Å²) < 4.78 is 15.2. The third kappa shape index (κ3) is 6.05. The second-order valence-electron chi connectivity index (χ2n) is 4.02. The minimum absolute atomic E-state index is 0.102. The van der Waals surface area contributed by atoms with Crippen LogP contribution in [0.3, 0.4) is 0 Å². The molecule has 5 nitrogen and oxygen atoms in total. The van der Waals surface area contributed by atoms with Crippen molar-refractivity contribution in [2.45, 2.75) is 38.8 Å². The molecule has 0 bridgehead atoms. The van der Waals surface area contributed by atoms with Crippen molar-refractivity contribution in [2.75, 3.05) is 26.9 Å². The number of rotatable bonds is 8. The fraction of sp³-hybridized carbons (Fsp3) is 0.909. The SMILES string of the molecule is CCOC(=O)C(C)(N)CC(C)OCCOC. The third-order valence-corrected chi connectivity index (χ3v) is 2.14. The van der Waals surface area contributed by atoms with E-state index in [-0.39, 0.29) is 6.10 Å². The molecule has 0 aliphatic heterocycles. The molecule has 96 valence electrons. The number of carbonyl (C=O) groups is 1. The van der Waals surface area contributed by atoms with Crippen LogP contribution in [0.4, 0.5) is 0 Å². The molecule has 2 atom stereocenters. The summed E-state index contributed by atoms with van der Waals surface area (Å²) in [5.74, 6) is -0.391. The lowest BCUT2D eigenvalue weighted by Gasteiger charge is -2.25. The Bertz CT molecular complexity index is 206. The average molecular weight is 233 g/mol. The molecule has 16 heavy (non-hydrogen) atoms. The van der Waals surface area contributed by atoms with Crippen LogP contribution in [-0.4, -0.2) is 44.5 Å². The van der Waals surface area contributed by atoms with Crippen LogP contribution in [0.15, 0.2) is 0 Å². The van der Waals surface area contributed by atoms with E-state index in [0.29, 0.717) is 26.2 Å². The van der Waals surface area contributed by atoms with E-state index in [1.807, 2.05) is 6.92 Å². The molecule has 0 heterocycles. The molecule has 0 amide bonds. The Labute approximate surface area is 97.2 Å². The number of carbonyl (C=O) groups excluding carboxylic acids is 1. The molecule has 0 aromatic carbocycles. The van der Waals surface area contributed by atoms with Gasteiger partial charge in [0.15, 0.2) is 0 Å². The highest BCUT2D eigenvalue weighted by Crippen LogP contribution is 2.13. The van der Waals surface area contributed by atoms with E-state index in [0.717, 1.165) is 0 Å². The van der Waals surface area contributed by atoms with Crippen LogP contribution < -0.4 is 5.73 Å². The van der Waals surface area contributed by atoms with Gasteiger partial charge in [0.25, 0.3) is 0 Å². The van der Waals surface area contributed by atoms with Gasteiger partial charge < -0.3 is 19.9 Å². The number of methoxy groups -OCH3 is 1. The number of esters is 1. The molecule has 0 saturated carbocycles. The number of hydrogen-bond donors (Lipinski definition) is 1. The first-order valence-corrected chi connectivity index (χ1v) is 5.50. The molecule has 0 rings (SSSR count). The maximum absolute atomic E-state index is 11.5. The molecule has 0 saturated heterocycles. The van der Waals surface area contributed by atoms with Crippen LogP contribution in [0, 0.1) is 0 Å². The van der Waals surface area contributed by atoms with Crippen LogP contribution >= 0.6 is 0 Å². The molecule has 2 N–H and O–H groups in total. The maximum Gasteiger partial charge on any atom is 0.325 e. The van der Waals surface area contributed by atoms with Crippen molar-refractivity contribution in [1.29, 1.82) is 0 Å². The zero-order chi connectivity index (χ0) is 12.6. The molecule has 0 spiro atoms. The Morgan fingerprint density at radius 1 is 1.44 bits per heavy atom. The molecule has 0 fully saturated rings. The second-order valence-corrected chi connectivity index (χ2v) is 4.02. The number of nitrogens with two attached hydrogens (primary N) is 1. The average Bonchev–Trinajstić information content (AvgIpc) is 2.17.